The number of rotatable bonds is 10. The first-order valence-corrected chi connectivity index (χ1v) is 8.41. The summed E-state index contributed by atoms with van der Waals surface area (Å²) in [6, 6.07) is 5.93. The molecule has 0 unspecified atom stereocenters. The summed E-state index contributed by atoms with van der Waals surface area (Å²) in [5.41, 5.74) is 6.85. The molecule has 0 amide bonds. The number of thioether (sulfide) groups is 1. The lowest BCUT2D eigenvalue weighted by atomic mass is 10.1. The summed E-state index contributed by atoms with van der Waals surface area (Å²) in [6.45, 7) is 4.95. The van der Waals surface area contributed by atoms with Crippen LogP contribution in [0.25, 0.3) is 0 Å². The molecule has 108 valence electrons. The Balaban J connectivity index is 2.26. The highest BCUT2D eigenvalue weighted by atomic mass is 32.2. The highest BCUT2D eigenvalue weighted by molar-refractivity contribution is 7.99. The number of nitrogens with two attached hydrogens (primary N) is 1. The van der Waals surface area contributed by atoms with Crippen LogP contribution in [0.4, 0.5) is 5.69 Å². The molecule has 0 fully saturated rings. The van der Waals surface area contributed by atoms with Crippen molar-refractivity contribution in [1.82, 2.24) is 0 Å². The molecule has 0 atom stereocenters. The molecule has 19 heavy (non-hydrogen) atoms. The molecule has 0 saturated heterocycles. The second-order valence-corrected chi connectivity index (χ2v) is 5.89. The van der Waals surface area contributed by atoms with Crippen molar-refractivity contribution < 1.29 is 4.74 Å². The molecule has 0 aliphatic rings. The quantitative estimate of drug-likeness (QED) is 0.367. The van der Waals surface area contributed by atoms with Crippen LogP contribution >= 0.6 is 11.8 Å². The van der Waals surface area contributed by atoms with Crippen LogP contribution in [0.1, 0.15) is 52.4 Å². The standard InChI is InChI=1S/C16H27NOS/c1-3-5-6-7-8-9-12-19-16-13-14(18-4-2)10-11-15(16)17/h10-11,13H,3-9,12,17H2,1-2H3. The molecule has 0 saturated carbocycles. The number of hydrogen-bond acceptors (Lipinski definition) is 3. The van der Waals surface area contributed by atoms with Crippen LogP contribution in [0.5, 0.6) is 5.75 Å². The van der Waals surface area contributed by atoms with Crippen molar-refractivity contribution in [3.8, 4) is 5.75 Å². The average Bonchev–Trinajstić information content (AvgIpc) is 2.41. The minimum atomic E-state index is 0.700. The second-order valence-electron chi connectivity index (χ2n) is 4.75. The monoisotopic (exact) mass is 281 g/mol. The summed E-state index contributed by atoms with van der Waals surface area (Å²) < 4.78 is 5.50. The normalized spacial score (nSPS) is 10.6. The van der Waals surface area contributed by atoms with Gasteiger partial charge in [0.05, 0.1) is 6.61 Å². The van der Waals surface area contributed by atoms with E-state index in [2.05, 4.69) is 13.0 Å². The van der Waals surface area contributed by atoms with Crippen LogP contribution in [0.3, 0.4) is 0 Å². The molecule has 0 bridgehead atoms. The summed E-state index contributed by atoms with van der Waals surface area (Å²) >= 11 is 1.85. The van der Waals surface area contributed by atoms with E-state index >= 15 is 0 Å². The summed E-state index contributed by atoms with van der Waals surface area (Å²) in [5, 5.41) is 0. The van der Waals surface area contributed by atoms with Gasteiger partial charge in [-0.05, 0) is 37.3 Å². The van der Waals surface area contributed by atoms with Gasteiger partial charge in [-0.15, -0.1) is 11.8 Å². The molecule has 2 nitrogen and oxygen atoms in total. The molecule has 0 spiro atoms. The molecular formula is C16H27NOS. The minimum absolute atomic E-state index is 0.700. The van der Waals surface area contributed by atoms with E-state index in [1.807, 2.05) is 30.8 Å². The number of benzene rings is 1. The topological polar surface area (TPSA) is 35.2 Å². The fourth-order valence-electron chi connectivity index (χ4n) is 1.96. The van der Waals surface area contributed by atoms with E-state index in [0.29, 0.717) is 6.61 Å². The summed E-state index contributed by atoms with van der Waals surface area (Å²) in [7, 11) is 0. The third kappa shape index (κ3) is 6.76. The van der Waals surface area contributed by atoms with Crippen molar-refractivity contribution in [3.05, 3.63) is 18.2 Å². The maximum atomic E-state index is 5.99. The van der Waals surface area contributed by atoms with Gasteiger partial charge in [0, 0.05) is 10.6 Å². The van der Waals surface area contributed by atoms with Gasteiger partial charge in [0.15, 0.2) is 0 Å². The smallest absolute Gasteiger partial charge is 0.120 e. The van der Waals surface area contributed by atoms with Gasteiger partial charge >= 0.3 is 0 Å². The Kier molecular flexibility index (Phi) is 8.55. The van der Waals surface area contributed by atoms with Crippen LogP contribution in [-0.2, 0) is 0 Å². The number of ether oxygens (including phenoxy) is 1. The van der Waals surface area contributed by atoms with E-state index in [0.717, 1.165) is 22.1 Å². The van der Waals surface area contributed by atoms with Gasteiger partial charge in [0.25, 0.3) is 0 Å². The lowest BCUT2D eigenvalue weighted by molar-refractivity contribution is 0.339. The molecule has 2 N–H and O–H groups in total. The fourth-order valence-corrected chi connectivity index (χ4v) is 2.96. The van der Waals surface area contributed by atoms with Crippen molar-refractivity contribution >= 4 is 17.4 Å². The van der Waals surface area contributed by atoms with Crippen molar-refractivity contribution in [2.45, 2.75) is 57.3 Å². The molecular weight excluding hydrogens is 254 g/mol. The van der Waals surface area contributed by atoms with Crippen LogP contribution in [0.2, 0.25) is 0 Å². The SMILES string of the molecule is CCCCCCCCSc1cc(OCC)ccc1N. The Bertz CT molecular complexity index is 355. The molecule has 0 aromatic heterocycles. The van der Waals surface area contributed by atoms with Crippen LogP contribution < -0.4 is 10.5 Å². The van der Waals surface area contributed by atoms with Crippen molar-refractivity contribution in [3.63, 3.8) is 0 Å². The summed E-state index contributed by atoms with van der Waals surface area (Å²) in [4.78, 5) is 1.15. The Morgan fingerprint density at radius 3 is 2.53 bits per heavy atom. The van der Waals surface area contributed by atoms with Gasteiger partial charge in [0.2, 0.25) is 0 Å². The molecule has 0 heterocycles. The minimum Gasteiger partial charge on any atom is -0.494 e. The van der Waals surface area contributed by atoms with Gasteiger partial charge < -0.3 is 10.5 Å². The zero-order valence-electron chi connectivity index (χ0n) is 12.3. The average molecular weight is 281 g/mol. The highest BCUT2D eigenvalue weighted by Gasteiger charge is 2.02. The zero-order valence-corrected chi connectivity index (χ0v) is 13.1. The number of nitrogen functional groups attached to an aromatic ring is 1. The van der Waals surface area contributed by atoms with Gasteiger partial charge in [0.1, 0.15) is 5.75 Å². The van der Waals surface area contributed by atoms with E-state index in [1.165, 1.54) is 38.5 Å². The predicted octanol–water partition coefficient (Wildman–Crippen LogP) is 5.12. The Morgan fingerprint density at radius 2 is 1.79 bits per heavy atom. The molecule has 0 aliphatic carbocycles. The summed E-state index contributed by atoms with van der Waals surface area (Å²) in [6.07, 6.45) is 8.03. The first-order valence-electron chi connectivity index (χ1n) is 7.43. The third-order valence-corrected chi connectivity index (χ3v) is 4.21. The number of anilines is 1. The van der Waals surface area contributed by atoms with Crippen LogP contribution in [0.15, 0.2) is 23.1 Å². The molecule has 0 aliphatic heterocycles. The van der Waals surface area contributed by atoms with E-state index < -0.39 is 0 Å². The van der Waals surface area contributed by atoms with E-state index in [1.54, 1.807) is 0 Å². The lowest BCUT2D eigenvalue weighted by Gasteiger charge is -2.09. The number of unbranched alkanes of at least 4 members (excludes halogenated alkanes) is 5. The van der Waals surface area contributed by atoms with Gasteiger partial charge in [-0.2, -0.15) is 0 Å². The van der Waals surface area contributed by atoms with E-state index in [9.17, 15) is 0 Å². The van der Waals surface area contributed by atoms with Gasteiger partial charge in [-0.3, -0.25) is 0 Å². The third-order valence-electron chi connectivity index (χ3n) is 3.05. The van der Waals surface area contributed by atoms with Gasteiger partial charge in [-0.25, -0.2) is 0 Å². The van der Waals surface area contributed by atoms with Crippen LogP contribution in [-0.4, -0.2) is 12.4 Å². The second kappa shape index (κ2) is 10.0. The van der Waals surface area contributed by atoms with Crippen molar-refractivity contribution in [2.24, 2.45) is 0 Å². The Hall–Kier alpha value is -0.830. The maximum absolute atomic E-state index is 5.99. The molecule has 1 aromatic carbocycles. The van der Waals surface area contributed by atoms with Gasteiger partial charge in [-0.1, -0.05) is 39.0 Å². The fraction of sp³-hybridized carbons (Fsp3) is 0.625. The van der Waals surface area contributed by atoms with E-state index in [-0.39, 0.29) is 0 Å². The van der Waals surface area contributed by atoms with Crippen molar-refractivity contribution in [2.75, 3.05) is 18.1 Å². The highest BCUT2D eigenvalue weighted by Crippen LogP contribution is 2.30. The molecule has 1 rings (SSSR count). The predicted molar refractivity (Wildman–Crippen MR) is 86.1 cm³/mol. The van der Waals surface area contributed by atoms with Crippen molar-refractivity contribution in [1.29, 1.82) is 0 Å². The molecule has 3 heteroatoms. The maximum Gasteiger partial charge on any atom is 0.120 e. The van der Waals surface area contributed by atoms with E-state index in [4.69, 9.17) is 10.5 Å². The number of hydrogen-bond donors (Lipinski definition) is 1. The molecule has 1 aromatic rings. The Labute approximate surface area is 122 Å². The first-order chi connectivity index (χ1) is 9.27. The van der Waals surface area contributed by atoms with Crippen LogP contribution in [0, 0.1) is 0 Å². The summed E-state index contributed by atoms with van der Waals surface area (Å²) in [5.74, 6) is 2.06. The zero-order chi connectivity index (χ0) is 13.9. The first kappa shape index (κ1) is 16.2. The largest absolute Gasteiger partial charge is 0.494 e. The molecule has 0 radical (unpaired) electrons. The Morgan fingerprint density at radius 1 is 1.05 bits per heavy atom. The lowest BCUT2D eigenvalue weighted by Crippen LogP contribution is -1.94.